The summed E-state index contributed by atoms with van der Waals surface area (Å²) in [4.78, 5) is 0. The first-order chi connectivity index (χ1) is 8.98. The molecule has 0 aliphatic rings. The lowest BCUT2D eigenvalue weighted by atomic mass is 10.1. The highest BCUT2D eigenvalue weighted by Crippen LogP contribution is 2.20. The molecular weight excluding hydrogens is 240 g/mol. The number of aliphatic hydroxyl groups is 1. The van der Waals surface area contributed by atoms with Crippen LogP contribution in [0.1, 0.15) is 31.4 Å². The zero-order chi connectivity index (χ0) is 14.3. The molecule has 0 saturated heterocycles. The number of benzene rings is 1. The minimum absolute atomic E-state index is 0.122. The molecule has 0 bridgehead atoms. The largest absolute Gasteiger partial charge is 0.493 e. The summed E-state index contributed by atoms with van der Waals surface area (Å²) < 4.78 is 11.1. The molecule has 0 radical (unpaired) electrons. The van der Waals surface area contributed by atoms with Gasteiger partial charge in [-0.05, 0) is 44.5 Å². The number of ether oxygens (including phenoxy) is 2. The van der Waals surface area contributed by atoms with Gasteiger partial charge in [0.15, 0.2) is 0 Å². The van der Waals surface area contributed by atoms with Crippen molar-refractivity contribution in [1.82, 2.24) is 0 Å². The van der Waals surface area contributed by atoms with Crippen LogP contribution in [0.2, 0.25) is 0 Å². The number of hydrogen-bond acceptors (Lipinski definition) is 3. The molecule has 0 fully saturated rings. The lowest BCUT2D eigenvalue weighted by Gasteiger charge is -2.22. The lowest BCUT2D eigenvalue weighted by Crippen LogP contribution is -2.25. The number of aliphatic hydroxyl groups excluding tert-OH is 1. The van der Waals surface area contributed by atoms with E-state index >= 15 is 0 Å². The highest BCUT2D eigenvalue weighted by Gasteiger charge is 2.16. The van der Waals surface area contributed by atoms with Crippen LogP contribution in [0.3, 0.4) is 0 Å². The van der Waals surface area contributed by atoms with Crippen LogP contribution >= 0.6 is 0 Å². The van der Waals surface area contributed by atoms with Crippen molar-refractivity contribution in [2.45, 2.75) is 32.8 Å². The van der Waals surface area contributed by atoms with E-state index in [2.05, 4.69) is 11.8 Å². The second kappa shape index (κ2) is 7.18. The smallest absolute Gasteiger partial charge is 0.122 e. The summed E-state index contributed by atoms with van der Waals surface area (Å²) in [6.07, 6.45) is 0.828. The fourth-order valence-corrected chi connectivity index (χ4v) is 1.54. The van der Waals surface area contributed by atoms with Crippen molar-refractivity contribution in [1.29, 1.82) is 0 Å². The van der Waals surface area contributed by atoms with E-state index in [4.69, 9.17) is 14.6 Å². The highest BCUT2D eigenvalue weighted by molar-refractivity contribution is 5.43. The average Bonchev–Trinajstić information content (AvgIpc) is 2.38. The molecule has 0 heterocycles. The van der Waals surface area contributed by atoms with Gasteiger partial charge in [0, 0.05) is 19.1 Å². The van der Waals surface area contributed by atoms with Gasteiger partial charge in [-0.25, -0.2) is 0 Å². The first kappa shape index (κ1) is 15.6. The van der Waals surface area contributed by atoms with Crippen LogP contribution in [0.15, 0.2) is 18.2 Å². The molecule has 3 heteroatoms. The molecule has 19 heavy (non-hydrogen) atoms. The Hall–Kier alpha value is -1.50. The molecule has 1 aromatic carbocycles. The van der Waals surface area contributed by atoms with E-state index in [1.807, 2.05) is 39.0 Å². The summed E-state index contributed by atoms with van der Waals surface area (Å²) in [5.41, 5.74) is 1.76. The van der Waals surface area contributed by atoms with Crippen molar-refractivity contribution < 1.29 is 14.6 Å². The SMILES string of the molecule is COC(C)(C)CCOc1ccc(C#CCO)cc1C. The van der Waals surface area contributed by atoms with Crippen LogP contribution in [-0.4, -0.2) is 31.0 Å². The first-order valence-corrected chi connectivity index (χ1v) is 6.37. The second-order valence-electron chi connectivity index (χ2n) is 5.00. The lowest BCUT2D eigenvalue weighted by molar-refractivity contribution is 0.00540. The van der Waals surface area contributed by atoms with E-state index in [0.29, 0.717) is 6.61 Å². The Balaban J connectivity index is 2.60. The predicted molar refractivity (Wildman–Crippen MR) is 76.3 cm³/mol. The molecule has 1 rings (SSSR count). The van der Waals surface area contributed by atoms with Gasteiger partial charge in [0.05, 0.1) is 12.2 Å². The first-order valence-electron chi connectivity index (χ1n) is 6.37. The van der Waals surface area contributed by atoms with Gasteiger partial charge < -0.3 is 14.6 Å². The molecular formula is C16H22O3. The van der Waals surface area contributed by atoms with Gasteiger partial charge >= 0.3 is 0 Å². The summed E-state index contributed by atoms with van der Waals surface area (Å²) in [7, 11) is 1.71. The van der Waals surface area contributed by atoms with Crippen molar-refractivity contribution in [2.75, 3.05) is 20.3 Å². The molecule has 0 amide bonds. The number of rotatable bonds is 5. The third-order valence-corrected chi connectivity index (χ3v) is 3.00. The van der Waals surface area contributed by atoms with Gasteiger partial charge in [0.1, 0.15) is 12.4 Å². The molecule has 0 atom stereocenters. The maximum Gasteiger partial charge on any atom is 0.122 e. The number of methoxy groups -OCH3 is 1. The Bertz CT molecular complexity index is 467. The van der Waals surface area contributed by atoms with E-state index in [1.165, 1.54) is 0 Å². The summed E-state index contributed by atoms with van der Waals surface area (Å²) in [5, 5.41) is 8.66. The second-order valence-corrected chi connectivity index (χ2v) is 5.00. The van der Waals surface area contributed by atoms with Crippen LogP contribution in [0, 0.1) is 18.8 Å². The molecule has 0 spiro atoms. The van der Waals surface area contributed by atoms with E-state index in [0.717, 1.165) is 23.3 Å². The minimum atomic E-state index is -0.166. The van der Waals surface area contributed by atoms with Gasteiger partial charge in [-0.15, -0.1) is 0 Å². The molecule has 0 saturated carbocycles. The highest BCUT2D eigenvalue weighted by atomic mass is 16.5. The standard InChI is InChI=1S/C16H22O3/c1-13-12-14(6-5-10-17)7-8-15(13)19-11-9-16(2,3)18-4/h7-8,12,17H,9-11H2,1-4H3. The third kappa shape index (κ3) is 5.34. The van der Waals surface area contributed by atoms with Crippen molar-refractivity contribution in [2.24, 2.45) is 0 Å². The maximum absolute atomic E-state index is 8.66. The summed E-state index contributed by atoms with van der Waals surface area (Å²) in [6.45, 7) is 6.56. The van der Waals surface area contributed by atoms with Crippen molar-refractivity contribution >= 4 is 0 Å². The van der Waals surface area contributed by atoms with Crippen LogP contribution < -0.4 is 4.74 Å². The zero-order valence-corrected chi connectivity index (χ0v) is 12.1. The third-order valence-electron chi connectivity index (χ3n) is 3.00. The Labute approximate surface area is 115 Å². The monoisotopic (exact) mass is 262 g/mol. The van der Waals surface area contributed by atoms with Crippen molar-refractivity contribution in [3.63, 3.8) is 0 Å². The molecule has 1 aromatic rings. The maximum atomic E-state index is 8.66. The number of aryl methyl sites for hydroxylation is 1. The summed E-state index contributed by atoms with van der Waals surface area (Å²) in [5.74, 6) is 6.37. The fourth-order valence-electron chi connectivity index (χ4n) is 1.54. The Kier molecular flexibility index (Phi) is 5.88. The average molecular weight is 262 g/mol. The van der Waals surface area contributed by atoms with Crippen molar-refractivity contribution in [3.05, 3.63) is 29.3 Å². The summed E-state index contributed by atoms with van der Waals surface area (Å²) in [6, 6.07) is 5.77. The van der Waals surface area contributed by atoms with Gasteiger partial charge in [-0.1, -0.05) is 11.8 Å². The van der Waals surface area contributed by atoms with E-state index in [1.54, 1.807) is 7.11 Å². The molecule has 104 valence electrons. The van der Waals surface area contributed by atoms with E-state index in [9.17, 15) is 0 Å². The normalized spacial score (nSPS) is 10.8. The zero-order valence-electron chi connectivity index (χ0n) is 12.1. The quantitative estimate of drug-likeness (QED) is 0.829. The van der Waals surface area contributed by atoms with E-state index < -0.39 is 0 Å². The molecule has 1 N–H and O–H groups in total. The molecule has 0 aliphatic heterocycles. The van der Waals surface area contributed by atoms with Crippen LogP contribution in [0.25, 0.3) is 0 Å². The number of hydrogen-bond donors (Lipinski definition) is 1. The Morgan fingerprint density at radius 1 is 1.32 bits per heavy atom. The van der Waals surface area contributed by atoms with Crippen LogP contribution in [0.4, 0.5) is 0 Å². The van der Waals surface area contributed by atoms with Gasteiger partial charge in [0.2, 0.25) is 0 Å². The predicted octanol–water partition coefficient (Wildman–Crippen LogP) is 2.53. The minimum Gasteiger partial charge on any atom is -0.493 e. The van der Waals surface area contributed by atoms with Gasteiger partial charge in [-0.2, -0.15) is 0 Å². The molecule has 0 aliphatic carbocycles. The fraction of sp³-hybridized carbons (Fsp3) is 0.500. The van der Waals surface area contributed by atoms with Gasteiger partial charge in [0.25, 0.3) is 0 Å². The molecule has 0 aromatic heterocycles. The van der Waals surface area contributed by atoms with Gasteiger partial charge in [-0.3, -0.25) is 0 Å². The van der Waals surface area contributed by atoms with Crippen molar-refractivity contribution in [3.8, 4) is 17.6 Å². The Morgan fingerprint density at radius 2 is 2.05 bits per heavy atom. The molecule has 0 unspecified atom stereocenters. The Morgan fingerprint density at radius 3 is 2.63 bits per heavy atom. The van der Waals surface area contributed by atoms with Crippen LogP contribution in [-0.2, 0) is 4.74 Å². The van der Waals surface area contributed by atoms with E-state index in [-0.39, 0.29) is 12.2 Å². The summed E-state index contributed by atoms with van der Waals surface area (Å²) >= 11 is 0. The van der Waals surface area contributed by atoms with Crippen LogP contribution in [0.5, 0.6) is 5.75 Å². The topological polar surface area (TPSA) is 38.7 Å². The molecule has 3 nitrogen and oxygen atoms in total.